The van der Waals surface area contributed by atoms with Gasteiger partial charge in [-0.15, -0.1) is 10.2 Å². The number of aryl methyl sites for hydroxylation is 2. The van der Waals surface area contributed by atoms with Crippen LogP contribution in [0.1, 0.15) is 18.4 Å². The lowest BCUT2D eigenvalue weighted by Gasteiger charge is -2.08. The number of nitrogens with one attached hydrogen (secondary N) is 3. The van der Waals surface area contributed by atoms with Gasteiger partial charge in [-0.3, -0.25) is 25.2 Å². The van der Waals surface area contributed by atoms with Crippen molar-refractivity contribution >= 4 is 23.4 Å². The van der Waals surface area contributed by atoms with E-state index in [9.17, 15) is 14.4 Å². The highest BCUT2D eigenvalue weighted by molar-refractivity contribution is 6.39. The maximum atomic E-state index is 11.9. The van der Waals surface area contributed by atoms with E-state index in [1.54, 1.807) is 12.1 Å². The summed E-state index contributed by atoms with van der Waals surface area (Å²) in [4.78, 5) is 36.9. The second kappa shape index (κ2) is 9.92. The third-order valence-corrected chi connectivity index (χ3v) is 4.08. The van der Waals surface area contributed by atoms with Gasteiger partial charge in [-0.05, 0) is 30.7 Å². The van der Waals surface area contributed by atoms with Crippen molar-refractivity contribution in [2.75, 3.05) is 5.32 Å². The molecule has 0 fully saturated rings. The molecule has 154 valence electrons. The van der Waals surface area contributed by atoms with Crippen molar-refractivity contribution in [1.29, 1.82) is 0 Å². The van der Waals surface area contributed by atoms with E-state index in [4.69, 9.17) is 0 Å². The first-order valence-electron chi connectivity index (χ1n) is 9.31. The molecule has 2 aromatic carbocycles. The number of carbonyl (C=O) groups excluding carboxylic acids is 3. The van der Waals surface area contributed by atoms with Crippen LogP contribution in [0.15, 0.2) is 54.6 Å². The Bertz CT molecular complexity index is 1020. The van der Waals surface area contributed by atoms with Gasteiger partial charge in [-0.1, -0.05) is 48.0 Å². The summed E-state index contributed by atoms with van der Waals surface area (Å²) in [7, 11) is 0. The zero-order chi connectivity index (χ0) is 21.3. The second-order valence-corrected chi connectivity index (χ2v) is 6.50. The normalized spacial score (nSPS) is 10.3. The average Bonchev–Trinajstić information content (AvgIpc) is 3.23. The van der Waals surface area contributed by atoms with Gasteiger partial charge < -0.3 is 5.32 Å². The highest BCUT2D eigenvalue weighted by atomic mass is 16.2. The minimum absolute atomic E-state index is 0.113. The molecule has 0 saturated heterocycles. The summed E-state index contributed by atoms with van der Waals surface area (Å²) in [5.74, 6) is -1.77. The van der Waals surface area contributed by atoms with Crippen LogP contribution in [0, 0.1) is 6.92 Å². The fraction of sp³-hybridized carbons (Fsp3) is 0.200. The van der Waals surface area contributed by atoms with Crippen LogP contribution < -0.4 is 16.2 Å². The van der Waals surface area contributed by atoms with Crippen molar-refractivity contribution in [1.82, 2.24) is 31.1 Å². The molecule has 0 saturated carbocycles. The molecule has 0 unspecified atom stereocenters. The number of hydrogen-bond donors (Lipinski definition) is 3. The molecule has 3 amide bonds. The fourth-order valence-corrected chi connectivity index (χ4v) is 2.49. The number of carbonyl (C=O) groups is 3. The summed E-state index contributed by atoms with van der Waals surface area (Å²) < 4.78 is 0. The second-order valence-electron chi connectivity index (χ2n) is 6.50. The predicted molar refractivity (Wildman–Crippen MR) is 109 cm³/mol. The number of amides is 3. The maximum absolute atomic E-state index is 11.9. The van der Waals surface area contributed by atoms with Gasteiger partial charge in [0.05, 0.1) is 6.54 Å². The van der Waals surface area contributed by atoms with Crippen molar-refractivity contribution in [3.05, 3.63) is 60.2 Å². The number of nitrogens with zero attached hydrogens (tertiary/aromatic N) is 4. The molecule has 3 aromatic rings. The van der Waals surface area contributed by atoms with Crippen LogP contribution in [-0.2, 0) is 20.9 Å². The van der Waals surface area contributed by atoms with Crippen molar-refractivity contribution < 1.29 is 14.4 Å². The van der Waals surface area contributed by atoms with Crippen LogP contribution in [0.25, 0.3) is 11.4 Å². The Morgan fingerprint density at radius 3 is 2.40 bits per heavy atom. The molecule has 10 heteroatoms. The topological polar surface area (TPSA) is 131 Å². The molecule has 0 spiro atoms. The maximum Gasteiger partial charge on any atom is 0.328 e. The first-order chi connectivity index (χ1) is 14.5. The molecule has 3 rings (SSSR count). The summed E-state index contributed by atoms with van der Waals surface area (Å²) in [5.41, 5.74) is 6.67. The highest BCUT2D eigenvalue weighted by Gasteiger charge is 2.14. The number of anilines is 1. The van der Waals surface area contributed by atoms with Crippen molar-refractivity contribution in [3.8, 4) is 11.4 Å². The summed E-state index contributed by atoms with van der Waals surface area (Å²) >= 11 is 0. The minimum atomic E-state index is -0.964. The van der Waals surface area contributed by atoms with Gasteiger partial charge in [-0.25, -0.2) is 0 Å². The van der Waals surface area contributed by atoms with Crippen molar-refractivity contribution in [2.24, 2.45) is 0 Å². The van der Waals surface area contributed by atoms with E-state index in [1.807, 2.05) is 49.4 Å². The van der Waals surface area contributed by atoms with E-state index in [0.717, 1.165) is 11.1 Å². The number of hydrazine groups is 1. The molecule has 0 atom stereocenters. The van der Waals surface area contributed by atoms with Crippen LogP contribution >= 0.6 is 0 Å². The number of rotatable bonds is 6. The quantitative estimate of drug-likeness (QED) is 0.416. The number of hydrogen-bond acceptors (Lipinski definition) is 6. The van der Waals surface area contributed by atoms with Gasteiger partial charge in [-0.2, -0.15) is 4.80 Å². The molecule has 0 aliphatic heterocycles. The zero-order valence-corrected chi connectivity index (χ0v) is 16.3. The summed E-state index contributed by atoms with van der Waals surface area (Å²) in [6.45, 7) is 2.30. The smallest absolute Gasteiger partial charge is 0.318 e. The van der Waals surface area contributed by atoms with Gasteiger partial charge >= 0.3 is 11.8 Å². The number of aromatic nitrogens is 4. The Labute approximate surface area is 172 Å². The number of tetrazole rings is 1. The Hall–Kier alpha value is -4.08. The molecule has 10 nitrogen and oxygen atoms in total. The minimum Gasteiger partial charge on any atom is -0.318 e. The molecule has 1 aromatic heterocycles. The zero-order valence-electron chi connectivity index (χ0n) is 16.3. The van der Waals surface area contributed by atoms with Gasteiger partial charge in [0.2, 0.25) is 11.7 Å². The molecule has 30 heavy (non-hydrogen) atoms. The lowest BCUT2D eigenvalue weighted by molar-refractivity contribution is -0.138. The van der Waals surface area contributed by atoms with Crippen LogP contribution in [-0.4, -0.2) is 37.9 Å². The molecule has 1 heterocycles. The lowest BCUT2D eigenvalue weighted by atomic mass is 10.2. The van der Waals surface area contributed by atoms with E-state index >= 15 is 0 Å². The van der Waals surface area contributed by atoms with Crippen molar-refractivity contribution in [2.45, 2.75) is 26.3 Å². The van der Waals surface area contributed by atoms with Gasteiger partial charge in [0, 0.05) is 17.7 Å². The Kier molecular flexibility index (Phi) is 6.83. The van der Waals surface area contributed by atoms with Gasteiger partial charge in [0.25, 0.3) is 0 Å². The lowest BCUT2D eigenvalue weighted by Crippen LogP contribution is -2.46. The summed E-state index contributed by atoms with van der Waals surface area (Å²) in [6, 6.07) is 16.4. The van der Waals surface area contributed by atoms with E-state index in [2.05, 4.69) is 31.6 Å². The highest BCUT2D eigenvalue weighted by Crippen LogP contribution is 2.12. The molecular formula is C20H21N7O3. The fourth-order valence-electron chi connectivity index (χ4n) is 2.49. The van der Waals surface area contributed by atoms with Crippen LogP contribution in [0.3, 0.4) is 0 Å². The number of benzene rings is 2. The molecular weight excluding hydrogens is 386 g/mol. The molecule has 3 N–H and O–H groups in total. The summed E-state index contributed by atoms with van der Waals surface area (Å²) in [5, 5.41) is 14.6. The van der Waals surface area contributed by atoms with Gasteiger partial charge in [0.1, 0.15) is 0 Å². The van der Waals surface area contributed by atoms with Gasteiger partial charge in [0.15, 0.2) is 0 Å². The third kappa shape index (κ3) is 5.96. The van der Waals surface area contributed by atoms with Crippen molar-refractivity contribution in [3.63, 3.8) is 0 Å². The van der Waals surface area contributed by atoms with E-state index < -0.39 is 17.7 Å². The van der Waals surface area contributed by atoms with E-state index in [-0.39, 0.29) is 6.42 Å². The van der Waals surface area contributed by atoms with E-state index in [0.29, 0.717) is 24.5 Å². The molecule has 0 aliphatic rings. The standard InChI is InChI=1S/C20H21N7O3/c1-14-9-11-16(12-10-14)21-19(29)20(30)24-22-17(28)8-5-13-27-25-18(23-26-27)15-6-3-2-4-7-15/h2-4,6-7,9-12H,5,8,13H2,1H3,(H,21,29)(H,22,28)(H,24,30). The largest absolute Gasteiger partial charge is 0.328 e. The molecule has 0 radical (unpaired) electrons. The Morgan fingerprint density at radius 2 is 1.67 bits per heavy atom. The van der Waals surface area contributed by atoms with E-state index in [1.165, 1.54) is 4.80 Å². The van der Waals surface area contributed by atoms with Crippen LogP contribution in [0.4, 0.5) is 5.69 Å². The monoisotopic (exact) mass is 407 g/mol. The third-order valence-electron chi connectivity index (χ3n) is 4.08. The molecule has 0 aliphatic carbocycles. The predicted octanol–water partition coefficient (Wildman–Crippen LogP) is 1.21. The SMILES string of the molecule is Cc1ccc(NC(=O)C(=O)NNC(=O)CCCn2nnc(-c3ccccc3)n2)cc1. The van der Waals surface area contributed by atoms with Crippen LogP contribution in [0.2, 0.25) is 0 Å². The van der Waals surface area contributed by atoms with Crippen LogP contribution in [0.5, 0.6) is 0 Å². The first kappa shape index (κ1) is 20.6. The Morgan fingerprint density at radius 1 is 0.933 bits per heavy atom. The average molecular weight is 407 g/mol. The first-order valence-corrected chi connectivity index (χ1v) is 9.31. The Balaban J connectivity index is 1.36. The summed E-state index contributed by atoms with van der Waals surface area (Å²) in [6.07, 6.45) is 0.546. The molecule has 0 bridgehead atoms.